The maximum atomic E-state index is 11.7. The Labute approximate surface area is 68.1 Å². The molecule has 0 radical (unpaired) electrons. The summed E-state index contributed by atoms with van der Waals surface area (Å²) in [5.74, 6) is 0. The molecule has 0 fully saturated rings. The van der Waals surface area contributed by atoms with Crippen molar-refractivity contribution in [3.8, 4) is 0 Å². The van der Waals surface area contributed by atoms with E-state index in [-0.39, 0.29) is 0 Å². The Kier molecular flexibility index (Phi) is 4.51. The molecule has 0 aromatic rings. The molecule has 12 heavy (non-hydrogen) atoms. The number of methoxy groups -OCH3 is 2. The second-order valence-corrected chi connectivity index (χ2v) is 2.19. The molecule has 0 aliphatic heterocycles. The number of hydrogen-bond acceptors (Lipinski definition) is 3. The monoisotopic (exact) mass is 188 g/mol. The van der Waals surface area contributed by atoms with Crippen molar-refractivity contribution in [3.05, 3.63) is 0 Å². The zero-order valence-electron chi connectivity index (χ0n) is 6.76. The highest BCUT2D eigenvalue weighted by molar-refractivity contribution is 4.66. The van der Waals surface area contributed by atoms with Gasteiger partial charge in [0.2, 0.25) is 0 Å². The molecule has 0 aromatic heterocycles. The normalized spacial score (nSPS) is 15.2. The van der Waals surface area contributed by atoms with E-state index in [4.69, 9.17) is 5.11 Å². The van der Waals surface area contributed by atoms with Gasteiger partial charge in [-0.1, -0.05) is 0 Å². The average molecular weight is 188 g/mol. The summed E-state index contributed by atoms with van der Waals surface area (Å²) < 4.78 is 44.1. The van der Waals surface area contributed by atoms with Crippen LogP contribution in [0.1, 0.15) is 6.42 Å². The Bertz CT molecular complexity index is 122. The first-order valence-corrected chi connectivity index (χ1v) is 3.22. The van der Waals surface area contributed by atoms with Crippen LogP contribution in [0.5, 0.6) is 0 Å². The first-order valence-electron chi connectivity index (χ1n) is 3.22. The molecule has 0 saturated carbocycles. The minimum atomic E-state index is -4.62. The maximum absolute atomic E-state index is 11.7. The predicted molar refractivity (Wildman–Crippen MR) is 34.5 cm³/mol. The van der Waals surface area contributed by atoms with Crippen LogP contribution in [-0.2, 0) is 9.47 Å². The molecule has 0 aliphatic rings. The van der Waals surface area contributed by atoms with E-state index in [1.807, 2.05) is 0 Å². The highest BCUT2D eigenvalue weighted by Crippen LogP contribution is 2.23. The molecule has 0 heterocycles. The quantitative estimate of drug-likeness (QED) is 0.666. The fourth-order valence-electron chi connectivity index (χ4n) is 0.605. The summed E-state index contributed by atoms with van der Waals surface area (Å²) in [6.07, 6.45) is -8.66. The van der Waals surface area contributed by atoms with Gasteiger partial charge in [-0.05, 0) is 0 Å². The third-order valence-electron chi connectivity index (χ3n) is 1.32. The largest absolute Gasteiger partial charge is 0.414 e. The molecule has 0 spiro atoms. The van der Waals surface area contributed by atoms with Crippen LogP contribution in [0.25, 0.3) is 0 Å². The van der Waals surface area contributed by atoms with Gasteiger partial charge >= 0.3 is 6.18 Å². The summed E-state index contributed by atoms with van der Waals surface area (Å²) in [7, 11) is 2.41. The zero-order chi connectivity index (χ0) is 9.78. The van der Waals surface area contributed by atoms with Crippen LogP contribution in [0.15, 0.2) is 0 Å². The number of aliphatic hydroxyl groups excluding tert-OH is 1. The van der Waals surface area contributed by atoms with E-state index in [1.165, 1.54) is 14.2 Å². The lowest BCUT2D eigenvalue weighted by Crippen LogP contribution is -2.33. The second-order valence-electron chi connectivity index (χ2n) is 2.19. The van der Waals surface area contributed by atoms with Crippen molar-refractivity contribution in [1.29, 1.82) is 0 Å². The first-order chi connectivity index (χ1) is 5.41. The Morgan fingerprint density at radius 2 is 1.67 bits per heavy atom. The molecule has 74 valence electrons. The third-order valence-corrected chi connectivity index (χ3v) is 1.32. The molecule has 3 nitrogen and oxygen atoms in total. The minimum absolute atomic E-state index is 0.615. The van der Waals surface area contributed by atoms with Crippen molar-refractivity contribution in [1.82, 2.24) is 0 Å². The fourth-order valence-corrected chi connectivity index (χ4v) is 0.605. The zero-order valence-corrected chi connectivity index (χ0v) is 6.76. The Hall–Kier alpha value is -0.330. The molecule has 0 aromatic carbocycles. The van der Waals surface area contributed by atoms with E-state index in [0.717, 1.165) is 0 Å². The van der Waals surface area contributed by atoms with Crippen molar-refractivity contribution in [2.24, 2.45) is 0 Å². The van der Waals surface area contributed by atoms with Crippen LogP contribution in [0.2, 0.25) is 0 Å². The maximum Gasteiger partial charge on any atom is 0.414 e. The second kappa shape index (κ2) is 4.64. The molecule has 0 aliphatic carbocycles. The van der Waals surface area contributed by atoms with Gasteiger partial charge in [0, 0.05) is 20.6 Å². The van der Waals surface area contributed by atoms with Crippen LogP contribution >= 0.6 is 0 Å². The molecular formula is C6H11F3O3. The number of rotatable bonds is 4. The smallest absolute Gasteiger partial charge is 0.383 e. The predicted octanol–water partition coefficient (Wildman–Crippen LogP) is 0.919. The Balaban J connectivity index is 3.90. The molecule has 6 heteroatoms. The first kappa shape index (κ1) is 11.7. The van der Waals surface area contributed by atoms with Gasteiger partial charge in [-0.2, -0.15) is 13.2 Å². The lowest BCUT2D eigenvalue weighted by atomic mass is 10.2. The summed E-state index contributed by atoms with van der Waals surface area (Å²) in [6.45, 7) is 0. The summed E-state index contributed by atoms with van der Waals surface area (Å²) in [5, 5.41) is 8.53. The van der Waals surface area contributed by atoms with Crippen LogP contribution in [-0.4, -0.2) is 37.9 Å². The fraction of sp³-hybridized carbons (Fsp3) is 1.00. The molecule has 1 atom stereocenters. The number of halogens is 3. The van der Waals surface area contributed by atoms with Crippen molar-refractivity contribution >= 4 is 0 Å². The van der Waals surface area contributed by atoms with E-state index in [0.29, 0.717) is 0 Å². The topological polar surface area (TPSA) is 38.7 Å². The number of aliphatic hydroxyl groups is 1. The molecule has 0 rings (SSSR count). The number of alkyl halides is 3. The van der Waals surface area contributed by atoms with Crippen molar-refractivity contribution in [2.45, 2.75) is 25.0 Å². The summed E-state index contributed by atoms with van der Waals surface area (Å²) in [5.41, 5.74) is 0. The highest BCUT2D eigenvalue weighted by Gasteiger charge is 2.39. The van der Waals surface area contributed by atoms with Crippen molar-refractivity contribution in [2.75, 3.05) is 14.2 Å². The van der Waals surface area contributed by atoms with Crippen molar-refractivity contribution in [3.63, 3.8) is 0 Å². The van der Waals surface area contributed by atoms with E-state index in [1.54, 1.807) is 0 Å². The summed E-state index contributed by atoms with van der Waals surface area (Å²) >= 11 is 0. The molecule has 1 N–H and O–H groups in total. The van der Waals surface area contributed by atoms with Crippen LogP contribution < -0.4 is 0 Å². The Morgan fingerprint density at radius 3 is 1.92 bits per heavy atom. The molecule has 0 amide bonds. The molecular weight excluding hydrogens is 177 g/mol. The van der Waals surface area contributed by atoms with Crippen molar-refractivity contribution < 1.29 is 27.8 Å². The lowest BCUT2D eigenvalue weighted by Gasteiger charge is -2.19. The third kappa shape index (κ3) is 3.89. The van der Waals surface area contributed by atoms with Gasteiger partial charge in [0.1, 0.15) is 0 Å². The van der Waals surface area contributed by atoms with Gasteiger partial charge in [-0.3, -0.25) is 0 Å². The number of ether oxygens (including phenoxy) is 2. The highest BCUT2D eigenvalue weighted by atomic mass is 19.4. The molecule has 0 saturated heterocycles. The summed E-state index contributed by atoms with van der Waals surface area (Å²) in [4.78, 5) is 0. The lowest BCUT2D eigenvalue weighted by molar-refractivity contribution is -0.227. The van der Waals surface area contributed by atoms with Gasteiger partial charge < -0.3 is 14.6 Å². The van der Waals surface area contributed by atoms with E-state index in [9.17, 15) is 13.2 Å². The van der Waals surface area contributed by atoms with Crippen LogP contribution in [0.3, 0.4) is 0 Å². The number of hydrogen-bond donors (Lipinski definition) is 1. The standard InChI is InChI=1S/C6H11F3O3/c1-11-5(12-2)3-4(10)6(7,8)9/h4-5,10H,3H2,1-2H3. The summed E-state index contributed by atoms with van der Waals surface area (Å²) in [6, 6.07) is 0. The van der Waals surface area contributed by atoms with Gasteiger partial charge in [-0.25, -0.2) is 0 Å². The SMILES string of the molecule is COC(CC(O)C(F)(F)F)OC. The molecule has 0 bridgehead atoms. The molecule has 1 unspecified atom stereocenters. The average Bonchev–Trinajstić information content (AvgIpc) is 1.97. The van der Waals surface area contributed by atoms with Gasteiger partial charge in [-0.15, -0.1) is 0 Å². The van der Waals surface area contributed by atoms with E-state index < -0.39 is 25.0 Å². The van der Waals surface area contributed by atoms with Crippen LogP contribution in [0.4, 0.5) is 13.2 Å². The van der Waals surface area contributed by atoms with Crippen LogP contribution in [0, 0.1) is 0 Å². The van der Waals surface area contributed by atoms with Gasteiger partial charge in [0.05, 0.1) is 0 Å². The van der Waals surface area contributed by atoms with Gasteiger partial charge in [0.15, 0.2) is 12.4 Å². The minimum Gasteiger partial charge on any atom is -0.383 e. The van der Waals surface area contributed by atoms with Gasteiger partial charge in [0.25, 0.3) is 0 Å². The Morgan fingerprint density at radius 1 is 1.25 bits per heavy atom. The van der Waals surface area contributed by atoms with E-state index in [2.05, 4.69) is 9.47 Å². The van der Waals surface area contributed by atoms with E-state index >= 15 is 0 Å².